The summed E-state index contributed by atoms with van der Waals surface area (Å²) < 4.78 is 0.163. The van der Waals surface area contributed by atoms with Crippen molar-refractivity contribution in [2.45, 2.75) is 43.9 Å². The van der Waals surface area contributed by atoms with Crippen LogP contribution in [-0.2, 0) is 6.54 Å². The number of nitrogens with two attached hydrogens (primary N) is 1. The van der Waals surface area contributed by atoms with Crippen LogP contribution in [0.15, 0.2) is 28.5 Å². The van der Waals surface area contributed by atoms with Crippen LogP contribution in [0.25, 0.3) is 0 Å². The molecule has 0 radical (unpaired) electrons. The number of benzene rings is 1. The Morgan fingerprint density at radius 2 is 2.09 bits per heavy atom. The number of thioether (sulfide) groups is 1. The minimum Gasteiger partial charge on any atom is -0.325 e. The quantitative estimate of drug-likeness (QED) is 0.778. The number of carbonyl (C=O) groups excluding carboxylic acids is 1. The molecule has 23 heavy (non-hydrogen) atoms. The summed E-state index contributed by atoms with van der Waals surface area (Å²) in [4.78, 5) is 17.6. The van der Waals surface area contributed by atoms with Crippen molar-refractivity contribution in [1.29, 1.82) is 0 Å². The van der Waals surface area contributed by atoms with Gasteiger partial charge < -0.3 is 11.1 Å². The Bertz CT molecular complexity index is 680. The normalized spacial score (nSPS) is 11.0. The highest BCUT2D eigenvalue weighted by Gasteiger charge is 2.14. The molecule has 1 heterocycles. The lowest BCUT2D eigenvalue weighted by Gasteiger charge is -2.18. The zero-order valence-corrected chi connectivity index (χ0v) is 16.1. The van der Waals surface area contributed by atoms with Crippen LogP contribution in [0.2, 0.25) is 0 Å². The molecule has 0 unspecified atom stereocenters. The number of aryl methyl sites for hydroxylation is 1. The summed E-state index contributed by atoms with van der Waals surface area (Å²) >= 11 is 3.21. The van der Waals surface area contributed by atoms with E-state index in [0.717, 1.165) is 16.3 Å². The van der Waals surface area contributed by atoms with Gasteiger partial charge in [-0.3, -0.25) is 4.79 Å². The van der Waals surface area contributed by atoms with E-state index in [1.54, 1.807) is 5.38 Å². The minimum atomic E-state index is -0.199. The average molecular weight is 372 g/mol. The van der Waals surface area contributed by atoms with Gasteiger partial charge in [0.05, 0.1) is 0 Å². The molecule has 0 saturated carbocycles. The molecule has 0 aliphatic rings. The first kappa shape index (κ1) is 20.0. The van der Waals surface area contributed by atoms with Crippen LogP contribution in [0.5, 0.6) is 0 Å². The van der Waals surface area contributed by atoms with E-state index in [1.165, 1.54) is 16.2 Å². The van der Waals surface area contributed by atoms with Crippen LogP contribution in [0.3, 0.4) is 0 Å². The summed E-state index contributed by atoms with van der Waals surface area (Å²) in [6.45, 7) is 8.89. The Morgan fingerprint density at radius 1 is 1.39 bits per heavy atom. The molecule has 2 rings (SSSR count). The SMILES string of the molecule is Cc1cc(SC(C)(C)C)ccc1NC(=O)c1csc(CN)n1.Cl. The van der Waals surface area contributed by atoms with E-state index in [2.05, 4.69) is 37.1 Å². The van der Waals surface area contributed by atoms with Crippen molar-refractivity contribution in [3.63, 3.8) is 0 Å². The molecule has 3 N–H and O–H groups in total. The van der Waals surface area contributed by atoms with Crippen LogP contribution in [-0.4, -0.2) is 15.6 Å². The number of hydrogen-bond acceptors (Lipinski definition) is 5. The van der Waals surface area contributed by atoms with Crippen molar-refractivity contribution >= 4 is 47.1 Å². The lowest BCUT2D eigenvalue weighted by molar-refractivity contribution is 0.102. The van der Waals surface area contributed by atoms with Gasteiger partial charge >= 0.3 is 0 Å². The summed E-state index contributed by atoms with van der Waals surface area (Å²) in [5, 5.41) is 5.40. The number of anilines is 1. The van der Waals surface area contributed by atoms with Gasteiger partial charge in [0.15, 0.2) is 0 Å². The van der Waals surface area contributed by atoms with Crippen molar-refractivity contribution in [1.82, 2.24) is 4.98 Å². The highest BCUT2D eigenvalue weighted by atomic mass is 35.5. The maximum absolute atomic E-state index is 12.2. The number of nitrogens with zero attached hydrogens (tertiary/aromatic N) is 1. The summed E-state index contributed by atoms with van der Waals surface area (Å²) in [6.07, 6.45) is 0. The van der Waals surface area contributed by atoms with E-state index >= 15 is 0 Å². The Labute approximate surface area is 151 Å². The molecule has 0 saturated heterocycles. The molecule has 0 aliphatic carbocycles. The molecule has 1 amide bonds. The smallest absolute Gasteiger partial charge is 0.275 e. The summed E-state index contributed by atoms with van der Waals surface area (Å²) in [5.74, 6) is -0.199. The Kier molecular flexibility index (Phi) is 7.07. The van der Waals surface area contributed by atoms with Crippen molar-refractivity contribution in [3.05, 3.63) is 39.8 Å². The molecule has 1 aromatic carbocycles. The van der Waals surface area contributed by atoms with E-state index in [-0.39, 0.29) is 23.1 Å². The average Bonchev–Trinajstić information content (AvgIpc) is 2.89. The van der Waals surface area contributed by atoms with Crippen molar-refractivity contribution in [3.8, 4) is 0 Å². The van der Waals surface area contributed by atoms with Crippen LogP contribution in [0.1, 0.15) is 41.8 Å². The number of carbonyl (C=O) groups is 1. The number of hydrogen-bond donors (Lipinski definition) is 2. The zero-order chi connectivity index (χ0) is 16.3. The topological polar surface area (TPSA) is 68.0 Å². The van der Waals surface area contributed by atoms with Gasteiger partial charge in [0.1, 0.15) is 10.7 Å². The first-order valence-electron chi connectivity index (χ1n) is 7.04. The highest BCUT2D eigenvalue weighted by Crippen LogP contribution is 2.33. The Hall–Kier alpha value is -1.08. The Balaban J connectivity index is 0.00000264. The third kappa shape index (κ3) is 5.80. The van der Waals surface area contributed by atoms with Gasteiger partial charge in [-0.25, -0.2) is 4.98 Å². The fraction of sp³-hybridized carbons (Fsp3) is 0.375. The van der Waals surface area contributed by atoms with Gasteiger partial charge in [0, 0.05) is 27.3 Å². The molecule has 0 fully saturated rings. The predicted octanol–water partition coefficient (Wildman–Crippen LogP) is 4.47. The van der Waals surface area contributed by atoms with Crippen LogP contribution < -0.4 is 11.1 Å². The fourth-order valence-corrected chi connectivity index (χ4v) is 3.62. The van der Waals surface area contributed by atoms with E-state index in [0.29, 0.717) is 12.2 Å². The largest absolute Gasteiger partial charge is 0.325 e. The molecule has 0 bridgehead atoms. The lowest BCUT2D eigenvalue weighted by Crippen LogP contribution is -2.13. The molecule has 0 spiro atoms. The fourth-order valence-electron chi connectivity index (χ4n) is 1.89. The molecule has 0 aliphatic heterocycles. The minimum absolute atomic E-state index is 0. The third-order valence-corrected chi connectivity index (χ3v) is 4.80. The number of thiazole rings is 1. The highest BCUT2D eigenvalue weighted by molar-refractivity contribution is 8.00. The molecule has 126 valence electrons. The summed E-state index contributed by atoms with van der Waals surface area (Å²) in [7, 11) is 0. The maximum Gasteiger partial charge on any atom is 0.275 e. The zero-order valence-electron chi connectivity index (χ0n) is 13.7. The lowest BCUT2D eigenvalue weighted by atomic mass is 10.2. The first-order chi connectivity index (χ1) is 10.3. The number of halogens is 1. The molecule has 0 atom stereocenters. The van der Waals surface area contributed by atoms with Gasteiger partial charge in [-0.1, -0.05) is 20.8 Å². The van der Waals surface area contributed by atoms with Gasteiger partial charge in [-0.05, 0) is 30.7 Å². The second-order valence-corrected chi connectivity index (χ2v) is 8.82. The Morgan fingerprint density at radius 3 is 2.61 bits per heavy atom. The van der Waals surface area contributed by atoms with E-state index < -0.39 is 0 Å². The van der Waals surface area contributed by atoms with Crippen LogP contribution in [0, 0.1) is 6.92 Å². The van der Waals surface area contributed by atoms with Crippen molar-refractivity contribution < 1.29 is 4.79 Å². The summed E-state index contributed by atoms with van der Waals surface area (Å²) in [5.41, 5.74) is 7.79. The monoisotopic (exact) mass is 371 g/mol. The van der Waals surface area contributed by atoms with E-state index in [9.17, 15) is 4.79 Å². The number of amides is 1. The van der Waals surface area contributed by atoms with Crippen molar-refractivity contribution in [2.24, 2.45) is 5.73 Å². The second kappa shape index (κ2) is 8.15. The third-order valence-electron chi connectivity index (χ3n) is 2.83. The molecule has 1 aromatic heterocycles. The van der Waals surface area contributed by atoms with E-state index in [1.807, 2.05) is 30.8 Å². The molecule has 7 heteroatoms. The number of nitrogens with one attached hydrogen (secondary N) is 1. The van der Waals surface area contributed by atoms with Gasteiger partial charge in [-0.15, -0.1) is 35.5 Å². The number of rotatable bonds is 4. The maximum atomic E-state index is 12.2. The second-order valence-electron chi connectivity index (χ2n) is 5.98. The van der Waals surface area contributed by atoms with Gasteiger partial charge in [0.25, 0.3) is 5.91 Å². The van der Waals surface area contributed by atoms with Crippen molar-refractivity contribution in [2.75, 3.05) is 5.32 Å². The number of aromatic nitrogens is 1. The van der Waals surface area contributed by atoms with Crippen LogP contribution >= 0.6 is 35.5 Å². The first-order valence-corrected chi connectivity index (χ1v) is 8.73. The standard InChI is InChI=1S/C16H21N3OS2.ClH/c1-10-7-11(22-16(2,3)4)5-6-12(10)19-15(20)13-9-21-14(8-17)18-13;/h5-7,9H,8,17H2,1-4H3,(H,19,20);1H. The predicted molar refractivity (Wildman–Crippen MR) is 102 cm³/mol. The van der Waals surface area contributed by atoms with Gasteiger partial charge in [-0.2, -0.15) is 0 Å². The molecule has 4 nitrogen and oxygen atoms in total. The molecule has 2 aromatic rings. The van der Waals surface area contributed by atoms with E-state index in [4.69, 9.17) is 5.73 Å². The molecular formula is C16H22ClN3OS2. The summed E-state index contributed by atoms with van der Waals surface area (Å²) in [6, 6.07) is 6.07. The van der Waals surface area contributed by atoms with Gasteiger partial charge in [0.2, 0.25) is 0 Å². The molecular weight excluding hydrogens is 350 g/mol. The van der Waals surface area contributed by atoms with Crippen LogP contribution in [0.4, 0.5) is 5.69 Å².